The Bertz CT molecular complexity index is 731. The van der Waals surface area contributed by atoms with Gasteiger partial charge in [-0.25, -0.2) is 9.18 Å². The summed E-state index contributed by atoms with van der Waals surface area (Å²) in [6, 6.07) is 9.83. The van der Waals surface area contributed by atoms with Crippen molar-refractivity contribution < 1.29 is 14.3 Å². The standard InChI is InChI=1S/C17H17FN2O2/c1-20-9-3-4-11-10-12(7-8-15(11)20)19-16-13(17(21)22)5-2-6-14(16)18/h2,5-8,10,19H,3-4,9H2,1H3,(H,21,22). The quantitative estimate of drug-likeness (QED) is 0.908. The molecule has 0 bridgehead atoms. The molecule has 22 heavy (non-hydrogen) atoms. The molecular formula is C17H17FN2O2. The van der Waals surface area contributed by atoms with E-state index in [4.69, 9.17) is 0 Å². The number of nitrogens with zero attached hydrogens (tertiary/aromatic N) is 1. The molecule has 5 heteroatoms. The Balaban J connectivity index is 1.96. The maximum Gasteiger partial charge on any atom is 0.337 e. The van der Waals surface area contributed by atoms with Crippen molar-refractivity contribution in [3.63, 3.8) is 0 Å². The van der Waals surface area contributed by atoms with Crippen LogP contribution in [-0.4, -0.2) is 24.7 Å². The fraction of sp³-hybridized carbons (Fsp3) is 0.235. The maximum atomic E-state index is 14.0. The molecular weight excluding hydrogens is 283 g/mol. The number of anilines is 3. The van der Waals surface area contributed by atoms with E-state index in [1.807, 2.05) is 25.2 Å². The Morgan fingerprint density at radius 3 is 2.91 bits per heavy atom. The molecule has 0 atom stereocenters. The highest BCUT2D eigenvalue weighted by Gasteiger charge is 2.17. The summed E-state index contributed by atoms with van der Waals surface area (Å²) in [4.78, 5) is 13.4. The van der Waals surface area contributed by atoms with E-state index in [9.17, 15) is 14.3 Å². The molecule has 0 aliphatic carbocycles. The Kier molecular flexibility index (Phi) is 3.71. The minimum atomic E-state index is -1.15. The SMILES string of the molecule is CN1CCCc2cc(Nc3c(F)cccc3C(=O)O)ccc21. The van der Waals surface area contributed by atoms with Crippen molar-refractivity contribution in [3.05, 3.63) is 53.3 Å². The van der Waals surface area contributed by atoms with Crippen molar-refractivity contribution in [2.75, 3.05) is 23.8 Å². The van der Waals surface area contributed by atoms with E-state index in [1.54, 1.807) is 0 Å². The molecule has 1 aliphatic rings. The minimum absolute atomic E-state index is 0.000820. The number of fused-ring (bicyclic) bond motifs is 1. The number of hydrogen-bond acceptors (Lipinski definition) is 3. The van der Waals surface area contributed by atoms with Gasteiger partial charge >= 0.3 is 5.97 Å². The Labute approximate surface area is 128 Å². The number of carboxylic acid groups (broad SMARTS) is 1. The predicted molar refractivity (Wildman–Crippen MR) is 84.7 cm³/mol. The molecule has 3 rings (SSSR count). The fourth-order valence-corrected chi connectivity index (χ4v) is 2.84. The summed E-state index contributed by atoms with van der Waals surface area (Å²) < 4.78 is 14.0. The van der Waals surface area contributed by atoms with Crippen LogP contribution >= 0.6 is 0 Å². The third kappa shape index (κ3) is 2.62. The van der Waals surface area contributed by atoms with Crippen LogP contribution in [0.1, 0.15) is 22.3 Å². The van der Waals surface area contributed by atoms with Gasteiger partial charge in [-0.1, -0.05) is 6.07 Å². The summed E-state index contributed by atoms with van der Waals surface area (Å²) in [7, 11) is 2.05. The van der Waals surface area contributed by atoms with E-state index in [-0.39, 0.29) is 11.3 Å². The molecule has 1 heterocycles. The van der Waals surface area contributed by atoms with Crippen LogP contribution in [0.15, 0.2) is 36.4 Å². The lowest BCUT2D eigenvalue weighted by molar-refractivity contribution is 0.0697. The smallest absolute Gasteiger partial charge is 0.337 e. The first-order chi connectivity index (χ1) is 10.6. The third-order valence-corrected chi connectivity index (χ3v) is 3.94. The number of nitrogens with one attached hydrogen (secondary N) is 1. The lowest BCUT2D eigenvalue weighted by Gasteiger charge is -2.28. The van der Waals surface area contributed by atoms with Crippen molar-refractivity contribution in [3.8, 4) is 0 Å². The molecule has 0 saturated heterocycles. The minimum Gasteiger partial charge on any atom is -0.478 e. The number of para-hydroxylation sites is 1. The summed E-state index contributed by atoms with van der Waals surface area (Å²) in [6.45, 7) is 1.02. The van der Waals surface area contributed by atoms with Crippen LogP contribution in [0, 0.1) is 5.82 Å². The van der Waals surface area contributed by atoms with Gasteiger partial charge in [0.15, 0.2) is 0 Å². The number of halogens is 1. The van der Waals surface area contributed by atoms with Gasteiger partial charge < -0.3 is 15.3 Å². The molecule has 0 aromatic heterocycles. The number of benzene rings is 2. The van der Waals surface area contributed by atoms with Gasteiger partial charge in [-0.05, 0) is 48.7 Å². The predicted octanol–water partition coefficient (Wildman–Crippen LogP) is 3.65. The van der Waals surface area contributed by atoms with Crippen molar-refractivity contribution in [1.29, 1.82) is 0 Å². The number of carbonyl (C=O) groups is 1. The average molecular weight is 300 g/mol. The number of rotatable bonds is 3. The second-order valence-electron chi connectivity index (χ2n) is 5.46. The van der Waals surface area contributed by atoms with Gasteiger partial charge in [0, 0.05) is 25.0 Å². The van der Waals surface area contributed by atoms with Gasteiger partial charge in [0.2, 0.25) is 0 Å². The second kappa shape index (κ2) is 5.67. The highest BCUT2D eigenvalue weighted by Crippen LogP contribution is 2.31. The molecule has 0 unspecified atom stereocenters. The highest BCUT2D eigenvalue weighted by molar-refractivity contribution is 5.95. The van der Waals surface area contributed by atoms with E-state index in [2.05, 4.69) is 10.2 Å². The molecule has 2 aromatic rings. The number of hydrogen-bond donors (Lipinski definition) is 2. The summed E-state index contributed by atoms with van der Waals surface area (Å²) >= 11 is 0. The zero-order valence-corrected chi connectivity index (χ0v) is 12.3. The molecule has 2 N–H and O–H groups in total. The number of aromatic carboxylic acids is 1. The lowest BCUT2D eigenvalue weighted by atomic mass is 10.0. The molecule has 1 aliphatic heterocycles. The molecule has 0 amide bonds. The Morgan fingerprint density at radius 2 is 2.14 bits per heavy atom. The van der Waals surface area contributed by atoms with E-state index in [0.717, 1.165) is 19.4 Å². The fourth-order valence-electron chi connectivity index (χ4n) is 2.84. The highest BCUT2D eigenvalue weighted by atomic mass is 19.1. The van der Waals surface area contributed by atoms with Crippen LogP contribution in [-0.2, 0) is 6.42 Å². The van der Waals surface area contributed by atoms with Crippen molar-refractivity contribution in [1.82, 2.24) is 0 Å². The molecule has 0 radical (unpaired) electrons. The van der Waals surface area contributed by atoms with Crippen molar-refractivity contribution >= 4 is 23.0 Å². The topological polar surface area (TPSA) is 52.6 Å². The zero-order valence-electron chi connectivity index (χ0n) is 12.3. The van der Waals surface area contributed by atoms with Crippen molar-refractivity contribution in [2.45, 2.75) is 12.8 Å². The first-order valence-corrected chi connectivity index (χ1v) is 7.19. The van der Waals surface area contributed by atoms with E-state index < -0.39 is 11.8 Å². The average Bonchev–Trinajstić information content (AvgIpc) is 2.49. The molecule has 0 spiro atoms. The van der Waals surface area contributed by atoms with Gasteiger partial charge in [0.1, 0.15) is 5.82 Å². The summed E-state index contributed by atoms with van der Waals surface area (Å²) in [6.07, 6.45) is 2.05. The molecule has 0 saturated carbocycles. The van der Waals surface area contributed by atoms with Crippen LogP contribution < -0.4 is 10.2 Å². The monoisotopic (exact) mass is 300 g/mol. The summed E-state index contributed by atoms with van der Waals surface area (Å²) in [5, 5.41) is 12.1. The van der Waals surface area contributed by atoms with Crippen LogP contribution in [0.4, 0.5) is 21.5 Å². The van der Waals surface area contributed by atoms with E-state index >= 15 is 0 Å². The van der Waals surface area contributed by atoms with Crippen molar-refractivity contribution in [2.24, 2.45) is 0 Å². The third-order valence-electron chi connectivity index (χ3n) is 3.94. The van der Waals surface area contributed by atoms with Crippen LogP contribution in [0.5, 0.6) is 0 Å². The maximum absolute atomic E-state index is 14.0. The number of carboxylic acids is 1. The molecule has 0 fully saturated rings. The van der Waals surface area contributed by atoms with Gasteiger partial charge in [0.05, 0.1) is 11.3 Å². The van der Waals surface area contributed by atoms with Gasteiger partial charge in [0.25, 0.3) is 0 Å². The van der Waals surface area contributed by atoms with E-state index in [1.165, 1.54) is 29.4 Å². The molecule has 114 valence electrons. The first-order valence-electron chi connectivity index (χ1n) is 7.19. The molecule has 4 nitrogen and oxygen atoms in total. The van der Waals surface area contributed by atoms with Gasteiger partial charge in [-0.15, -0.1) is 0 Å². The summed E-state index contributed by atoms with van der Waals surface area (Å²) in [5.41, 5.74) is 2.98. The largest absolute Gasteiger partial charge is 0.478 e. The first kappa shape index (κ1) is 14.4. The Hall–Kier alpha value is -2.56. The number of aryl methyl sites for hydroxylation is 1. The van der Waals surface area contributed by atoms with Crippen LogP contribution in [0.25, 0.3) is 0 Å². The zero-order chi connectivity index (χ0) is 15.7. The lowest BCUT2D eigenvalue weighted by Crippen LogP contribution is -2.24. The summed E-state index contributed by atoms with van der Waals surface area (Å²) in [5.74, 6) is -1.73. The normalized spacial score (nSPS) is 13.6. The van der Waals surface area contributed by atoms with Crippen LogP contribution in [0.3, 0.4) is 0 Å². The van der Waals surface area contributed by atoms with Crippen LogP contribution in [0.2, 0.25) is 0 Å². The van der Waals surface area contributed by atoms with E-state index in [0.29, 0.717) is 5.69 Å². The van der Waals surface area contributed by atoms with Gasteiger partial charge in [-0.3, -0.25) is 0 Å². The Morgan fingerprint density at radius 1 is 1.32 bits per heavy atom. The second-order valence-corrected chi connectivity index (χ2v) is 5.46. The van der Waals surface area contributed by atoms with Gasteiger partial charge in [-0.2, -0.15) is 0 Å². The molecule has 2 aromatic carbocycles.